The maximum Gasteiger partial charge on any atom is 0.353 e. The van der Waals surface area contributed by atoms with Crippen LogP contribution in [0, 0.1) is 0 Å². The first-order valence-corrected chi connectivity index (χ1v) is 5.43. The lowest BCUT2D eigenvalue weighted by atomic mass is 9.81. The van der Waals surface area contributed by atoms with Crippen LogP contribution in [0.4, 0.5) is 5.69 Å². The minimum absolute atomic E-state index is 0.316. The van der Waals surface area contributed by atoms with Crippen LogP contribution in [0.15, 0.2) is 29.3 Å². The molecule has 0 N–H and O–H groups in total. The largest absolute Gasteiger partial charge is 0.461 e. The van der Waals surface area contributed by atoms with Crippen molar-refractivity contribution in [3.05, 3.63) is 29.8 Å². The van der Waals surface area contributed by atoms with Gasteiger partial charge in [-0.2, -0.15) is 0 Å². The Morgan fingerprint density at radius 2 is 2.06 bits per heavy atom. The Bertz CT molecular complexity index is 461. The molecule has 0 aliphatic carbocycles. The number of para-hydroxylation sites is 1. The number of rotatable bonds is 2. The van der Waals surface area contributed by atoms with Crippen molar-refractivity contribution in [3.8, 4) is 0 Å². The zero-order valence-corrected chi connectivity index (χ0v) is 9.78. The lowest BCUT2D eigenvalue weighted by molar-refractivity contribution is -0.135. The molecule has 2 rings (SSSR count). The van der Waals surface area contributed by atoms with Crippen molar-refractivity contribution in [1.82, 2.24) is 0 Å². The molecular formula is C13H15NO2. The summed E-state index contributed by atoms with van der Waals surface area (Å²) in [7, 11) is 0. The van der Waals surface area contributed by atoms with Gasteiger partial charge in [-0.15, -0.1) is 0 Å². The summed E-state index contributed by atoms with van der Waals surface area (Å²) in [4.78, 5) is 16.1. The molecule has 1 aliphatic heterocycles. The molecule has 0 fully saturated rings. The van der Waals surface area contributed by atoms with Crippen molar-refractivity contribution in [2.45, 2.75) is 26.2 Å². The van der Waals surface area contributed by atoms with Crippen LogP contribution in [0.5, 0.6) is 0 Å². The second kappa shape index (κ2) is 3.74. The smallest absolute Gasteiger partial charge is 0.353 e. The first-order chi connectivity index (χ1) is 7.57. The van der Waals surface area contributed by atoms with Gasteiger partial charge >= 0.3 is 5.97 Å². The van der Waals surface area contributed by atoms with E-state index in [2.05, 4.69) is 4.99 Å². The van der Waals surface area contributed by atoms with Crippen molar-refractivity contribution in [2.24, 2.45) is 4.99 Å². The van der Waals surface area contributed by atoms with Gasteiger partial charge in [-0.1, -0.05) is 18.2 Å². The average molecular weight is 217 g/mol. The van der Waals surface area contributed by atoms with E-state index in [9.17, 15) is 4.79 Å². The number of carbonyl (C=O) groups excluding carboxylic acids is 1. The summed E-state index contributed by atoms with van der Waals surface area (Å²) >= 11 is 0. The zero-order chi connectivity index (χ0) is 11.8. The molecule has 0 saturated heterocycles. The summed E-state index contributed by atoms with van der Waals surface area (Å²) in [6.45, 7) is 6.17. The normalized spacial score (nSPS) is 16.6. The van der Waals surface area contributed by atoms with Gasteiger partial charge in [0.1, 0.15) is 5.71 Å². The minimum atomic E-state index is -0.358. The maximum atomic E-state index is 11.8. The van der Waals surface area contributed by atoms with E-state index in [0.29, 0.717) is 12.3 Å². The summed E-state index contributed by atoms with van der Waals surface area (Å²) in [5.74, 6) is -0.316. The third-order valence-electron chi connectivity index (χ3n) is 2.87. The number of hydrogen-bond donors (Lipinski definition) is 0. The SMILES string of the molecule is CCOC(=O)C1=Nc2ccccc2C1(C)C. The molecule has 1 aromatic carbocycles. The van der Waals surface area contributed by atoms with Gasteiger partial charge in [-0.3, -0.25) is 0 Å². The van der Waals surface area contributed by atoms with Gasteiger partial charge in [0.25, 0.3) is 0 Å². The molecule has 16 heavy (non-hydrogen) atoms. The van der Waals surface area contributed by atoms with E-state index in [-0.39, 0.29) is 11.4 Å². The van der Waals surface area contributed by atoms with Gasteiger partial charge in [0.05, 0.1) is 12.3 Å². The Labute approximate surface area is 95.2 Å². The van der Waals surface area contributed by atoms with Gasteiger partial charge in [0.15, 0.2) is 0 Å². The van der Waals surface area contributed by atoms with Crippen LogP contribution in [0.2, 0.25) is 0 Å². The number of benzene rings is 1. The summed E-state index contributed by atoms with van der Waals surface area (Å²) in [5, 5.41) is 0. The predicted molar refractivity (Wildman–Crippen MR) is 63.2 cm³/mol. The van der Waals surface area contributed by atoms with E-state index in [1.54, 1.807) is 6.92 Å². The summed E-state index contributed by atoms with van der Waals surface area (Å²) in [5.41, 5.74) is 2.09. The topological polar surface area (TPSA) is 38.7 Å². The van der Waals surface area contributed by atoms with E-state index in [4.69, 9.17) is 4.74 Å². The van der Waals surface area contributed by atoms with Gasteiger partial charge in [0, 0.05) is 5.41 Å². The Balaban J connectivity index is 2.42. The molecule has 1 aliphatic rings. The third kappa shape index (κ3) is 1.52. The molecule has 0 saturated carbocycles. The summed E-state index contributed by atoms with van der Waals surface area (Å²) in [6.07, 6.45) is 0. The number of esters is 1. The Hall–Kier alpha value is -1.64. The number of carbonyl (C=O) groups is 1. The van der Waals surface area contributed by atoms with Crippen LogP contribution in [0.25, 0.3) is 0 Å². The molecule has 84 valence electrons. The molecule has 0 bridgehead atoms. The second-order valence-corrected chi connectivity index (χ2v) is 4.32. The molecule has 3 heteroatoms. The first-order valence-electron chi connectivity index (χ1n) is 5.43. The Kier molecular flexibility index (Phi) is 2.54. The lowest BCUT2D eigenvalue weighted by Crippen LogP contribution is -2.33. The third-order valence-corrected chi connectivity index (χ3v) is 2.87. The molecule has 0 spiro atoms. The van der Waals surface area contributed by atoms with Crippen molar-refractivity contribution >= 4 is 17.4 Å². The molecular weight excluding hydrogens is 202 g/mol. The standard InChI is InChI=1S/C13H15NO2/c1-4-16-12(15)11-13(2,3)9-7-5-6-8-10(9)14-11/h5-8H,4H2,1-3H3. The number of nitrogens with zero attached hydrogens (tertiary/aromatic N) is 1. The van der Waals surface area contributed by atoms with Gasteiger partial charge in [-0.25, -0.2) is 9.79 Å². The molecule has 3 nitrogen and oxygen atoms in total. The number of ether oxygens (including phenoxy) is 1. The van der Waals surface area contributed by atoms with Crippen molar-refractivity contribution < 1.29 is 9.53 Å². The first kappa shape index (κ1) is 10.9. The highest BCUT2D eigenvalue weighted by molar-refractivity contribution is 6.41. The monoisotopic (exact) mass is 217 g/mol. The predicted octanol–water partition coefficient (Wildman–Crippen LogP) is 2.61. The quantitative estimate of drug-likeness (QED) is 0.714. The fourth-order valence-corrected chi connectivity index (χ4v) is 1.99. The summed E-state index contributed by atoms with van der Waals surface area (Å²) in [6, 6.07) is 7.81. The van der Waals surface area contributed by atoms with Crippen LogP contribution >= 0.6 is 0 Å². The van der Waals surface area contributed by atoms with E-state index >= 15 is 0 Å². The van der Waals surface area contributed by atoms with E-state index in [1.807, 2.05) is 38.1 Å². The number of fused-ring (bicyclic) bond motifs is 1. The highest BCUT2D eigenvalue weighted by Gasteiger charge is 2.39. The van der Waals surface area contributed by atoms with Crippen molar-refractivity contribution in [1.29, 1.82) is 0 Å². The molecule has 1 heterocycles. The van der Waals surface area contributed by atoms with Crippen LogP contribution in [-0.4, -0.2) is 18.3 Å². The van der Waals surface area contributed by atoms with E-state index in [1.165, 1.54) is 0 Å². The highest BCUT2D eigenvalue weighted by Crippen LogP contribution is 2.39. The van der Waals surface area contributed by atoms with E-state index in [0.717, 1.165) is 11.3 Å². The molecule has 1 aromatic rings. The lowest BCUT2D eigenvalue weighted by Gasteiger charge is -2.20. The fourth-order valence-electron chi connectivity index (χ4n) is 1.99. The Morgan fingerprint density at radius 3 is 2.69 bits per heavy atom. The van der Waals surface area contributed by atoms with Crippen molar-refractivity contribution in [3.63, 3.8) is 0 Å². The number of hydrogen-bond acceptors (Lipinski definition) is 3. The van der Waals surface area contributed by atoms with Gasteiger partial charge in [-0.05, 0) is 32.4 Å². The molecule has 0 amide bonds. The van der Waals surface area contributed by atoms with Crippen LogP contribution in [-0.2, 0) is 14.9 Å². The van der Waals surface area contributed by atoms with Crippen LogP contribution in [0.3, 0.4) is 0 Å². The Morgan fingerprint density at radius 1 is 1.38 bits per heavy atom. The van der Waals surface area contributed by atoms with Crippen LogP contribution in [0.1, 0.15) is 26.3 Å². The van der Waals surface area contributed by atoms with E-state index < -0.39 is 0 Å². The summed E-state index contributed by atoms with van der Waals surface area (Å²) < 4.78 is 5.02. The molecule has 0 radical (unpaired) electrons. The second-order valence-electron chi connectivity index (χ2n) is 4.32. The van der Waals surface area contributed by atoms with Gasteiger partial charge < -0.3 is 4.74 Å². The van der Waals surface area contributed by atoms with Crippen LogP contribution < -0.4 is 0 Å². The van der Waals surface area contributed by atoms with Gasteiger partial charge in [0.2, 0.25) is 0 Å². The zero-order valence-electron chi connectivity index (χ0n) is 9.78. The fraction of sp³-hybridized carbons (Fsp3) is 0.385. The average Bonchev–Trinajstić information content (AvgIpc) is 2.52. The molecule has 0 atom stereocenters. The minimum Gasteiger partial charge on any atom is -0.461 e. The number of aliphatic imine (C=N–C) groups is 1. The highest BCUT2D eigenvalue weighted by atomic mass is 16.5. The van der Waals surface area contributed by atoms with Crippen molar-refractivity contribution in [2.75, 3.05) is 6.61 Å². The maximum absolute atomic E-state index is 11.8. The molecule has 0 unspecified atom stereocenters. The molecule has 0 aromatic heterocycles.